The summed E-state index contributed by atoms with van der Waals surface area (Å²) >= 11 is 12.7. The number of nitrogens with zero attached hydrogens (tertiary/aromatic N) is 1. The summed E-state index contributed by atoms with van der Waals surface area (Å²) in [6, 6.07) is 3.81. The fourth-order valence-corrected chi connectivity index (χ4v) is 2.41. The number of hydrogen-bond acceptors (Lipinski definition) is 3. The number of hydrogen-bond donors (Lipinski definition) is 1. The third-order valence-corrected chi connectivity index (χ3v) is 3.49. The lowest BCUT2D eigenvalue weighted by Gasteiger charge is -2.09. The molecule has 1 aromatic carbocycles. The predicted octanol–water partition coefficient (Wildman–Crippen LogP) is 3.67. The molecule has 1 atom stereocenters. The topological polar surface area (TPSA) is 33.1 Å². The average molecular weight is 278 g/mol. The van der Waals surface area contributed by atoms with Crippen LogP contribution in [0.5, 0.6) is 0 Å². The summed E-state index contributed by atoms with van der Waals surface area (Å²) in [5.74, 6) is -0.457. The van der Waals surface area contributed by atoms with E-state index >= 15 is 0 Å². The van der Waals surface area contributed by atoms with Crippen LogP contribution in [0.4, 0.5) is 4.39 Å². The SMILES string of the molecule is OC(c1ncc(Cl)s1)c1cc(F)ccc1Cl. The highest BCUT2D eigenvalue weighted by molar-refractivity contribution is 7.15. The molecule has 2 nitrogen and oxygen atoms in total. The smallest absolute Gasteiger partial charge is 0.132 e. The highest BCUT2D eigenvalue weighted by Crippen LogP contribution is 2.32. The number of rotatable bonds is 2. The fourth-order valence-electron chi connectivity index (χ4n) is 1.25. The first-order chi connectivity index (χ1) is 7.58. The van der Waals surface area contributed by atoms with E-state index in [1.165, 1.54) is 24.4 Å². The summed E-state index contributed by atoms with van der Waals surface area (Å²) in [6.45, 7) is 0. The minimum atomic E-state index is -1.05. The molecule has 84 valence electrons. The largest absolute Gasteiger partial charge is 0.381 e. The molecule has 2 rings (SSSR count). The van der Waals surface area contributed by atoms with E-state index < -0.39 is 11.9 Å². The van der Waals surface area contributed by atoms with Gasteiger partial charge in [-0.1, -0.05) is 23.2 Å². The van der Waals surface area contributed by atoms with Crippen molar-refractivity contribution in [2.24, 2.45) is 0 Å². The quantitative estimate of drug-likeness (QED) is 0.909. The van der Waals surface area contributed by atoms with Gasteiger partial charge >= 0.3 is 0 Å². The molecule has 0 aliphatic rings. The van der Waals surface area contributed by atoms with Gasteiger partial charge in [-0.25, -0.2) is 9.37 Å². The van der Waals surface area contributed by atoms with Gasteiger partial charge in [-0.15, -0.1) is 11.3 Å². The number of aromatic nitrogens is 1. The van der Waals surface area contributed by atoms with E-state index in [0.717, 1.165) is 11.3 Å². The molecule has 0 aliphatic heterocycles. The van der Waals surface area contributed by atoms with Gasteiger partial charge in [0.1, 0.15) is 21.3 Å². The first-order valence-electron chi connectivity index (χ1n) is 4.32. The molecule has 1 unspecified atom stereocenters. The molecule has 1 N–H and O–H groups in total. The van der Waals surface area contributed by atoms with Gasteiger partial charge in [0.05, 0.1) is 6.20 Å². The standard InChI is InChI=1S/C10H6Cl2FNOS/c11-7-2-1-5(13)3-6(7)9(15)10-14-4-8(12)16-10/h1-4,9,15H. The van der Waals surface area contributed by atoms with Gasteiger partial charge in [0, 0.05) is 10.6 Å². The van der Waals surface area contributed by atoms with Crippen LogP contribution >= 0.6 is 34.5 Å². The highest BCUT2D eigenvalue weighted by atomic mass is 35.5. The summed E-state index contributed by atoms with van der Waals surface area (Å²) < 4.78 is 13.5. The molecule has 0 aliphatic carbocycles. The summed E-state index contributed by atoms with van der Waals surface area (Å²) in [6.07, 6.45) is 0.374. The fraction of sp³-hybridized carbons (Fsp3) is 0.100. The Hall–Kier alpha value is -0.680. The third-order valence-electron chi connectivity index (χ3n) is 1.98. The van der Waals surface area contributed by atoms with E-state index in [2.05, 4.69) is 4.98 Å². The van der Waals surface area contributed by atoms with Crippen molar-refractivity contribution in [1.82, 2.24) is 4.98 Å². The van der Waals surface area contributed by atoms with E-state index in [1.807, 2.05) is 0 Å². The van der Waals surface area contributed by atoms with Crippen LogP contribution in [0.1, 0.15) is 16.7 Å². The molecule has 0 radical (unpaired) electrons. The average Bonchev–Trinajstić information content (AvgIpc) is 2.67. The monoisotopic (exact) mass is 277 g/mol. The molecule has 6 heteroatoms. The highest BCUT2D eigenvalue weighted by Gasteiger charge is 2.18. The van der Waals surface area contributed by atoms with Crippen molar-refractivity contribution in [3.63, 3.8) is 0 Å². The van der Waals surface area contributed by atoms with Crippen molar-refractivity contribution in [2.75, 3.05) is 0 Å². The molecule has 0 saturated carbocycles. The number of halogens is 3. The van der Waals surface area contributed by atoms with Crippen LogP contribution in [-0.2, 0) is 0 Å². The first kappa shape index (κ1) is 11.8. The van der Waals surface area contributed by atoms with E-state index in [1.54, 1.807) is 0 Å². The lowest BCUT2D eigenvalue weighted by molar-refractivity contribution is 0.219. The molecule has 0 spiro atoms. The number of benzene rings is 1. The van der Waals surface area contributed by atoms with Gasteiger partial charge in [0.25, 0.3) is 0 Å². The Morgan fingerprint density at radius 2 is 2.12 bits per heavy atom. The second-order valence-electron chi connectivity index (χ2n) is 3.07. The lowest BCUT2D eigenvalue weighted by atomic mass is 10.1. The maximum atomic E-state index is 13.0. The number of thiazole rings is 1. The van der Waals surface area contributed by atoms with Gasteiger partial charge in [-0.3, -0.25) is 0 Å². The van der Waals surface area contributed by atoms with Gasteiger partial charge in [0.2, 0.25) is 0 Å². The molecule has 16 heavy (non-hydrogen) atoms. The molecule has 1 aromatic heterocycles. The Bertz CT molecular complexity index is 517. The van der Waals surface area contributed by atoms with E-state index in [-0.39, 0.29) is 5.56 Å². The van der Waals surface area contributed by atoms with Crippen molar-refractivity contribution in [3.05, 3.63) is 50.1 Å². The zero-order valence-corrected chi connectivity index (χ0v) is 10.2. The Kier molecular flexibility index (Phi) is 3.44. The third kappa shape index (κ3) is 2.35. The van der Waals surface area contributed by atoms with Crippen molar-refractivity contribution in [3.8, 4) is 0 Å². The molecule has 0 bridgehead atoms. The molecular weight excluding hydrogens is 272 g/mol. The van der Waals surface area contributed by atoms with Crippen LogP contribution in [0.15, 0.2) is 24.4 Å². The molecule has 0 saturated heterocycles. The first-order valence-corrected chi connectivity index (χ1v) is 5.89. The van der Waals surface area contributed by atoms with Gasteiger partial charge < -0.3 is 5.11 Å². The number of aliphatic hydroxyl groups excluding tert-OH is 1. The summed E-state index contributed by atoms with van der Waals surface area (Å²) in [5.41, 5.74) is 0.285. The van der Waals surface area contributed by atoms with E-state index in [0.29, 0.717) is 14.4 Å². The van der Waals surface area contributed by atoms with Gasteiger partial charge in [0.15, 0.2) is 0 Å². The van der Waals surface area contributed by atoms with E-state index in [4.69, 9.17) is 23.2 Å². The molecule has 0 amide bonds. The van der Waals surface area contributed by atoms with Crippen LogP contribution in [0.25, 0.3) is 0 Å². The Morgan fingerprint density at radius 1 is 1.38 bits per heavy atom. The van der Waals surface area contributed by atoms with Crippen molar-refractivity contribution >= 4 is 34.5 Å². The van der Waals surface area contributed by atoms with Crippen LogP contribution in [0, 0.1) is 5.82 Å². The lowest BCUT2D eigenvalue weighted by Crippen LogP contribution is -2.00. The molecule has 0 fully saturated rings. The van der Waals surface area contributed by atoms with Crippen molar-refractivity contribution in [1.29, 1.82) is 0 Å². The van der Waals surface area contributed by atoms with Gasteiger partial charge in [-0.05, 0) is 18.2 Å². The van der Waals surface area contributed by atoms with Crippen molar-refractivity contribution in [2.45, 2.75) is 6.10 Å². The normalized spacial score (nSPS) is 12.8. The van der Waals surface area contributed by atoms with Gasteiger partial charge in [-0.2, -0.15) is 0 Å². The molecular formula is C10H6Cl2FNOS. The zero-order valence-electron chi connectivity index (χ0n) is 7.82. The maximum Gasteiger partial charge on any atom is 0.132 e. The van der Waals surface area contributed by atoms with Crippen LogP contribution in [0.2, 0.25) is 9.36 Å². The van der Waals surface area contributed by atoms with E-state index in [9.17, 15) is 9.50 Å². The molecule has 2 aromatic rings. The summed E-state index contributed by atoms with van der Waals surface area (Å²) in [5, 5.41) is 10.6. The van der Waals surface area contributed by atoms with Crippen LogP contribution < -0.4 is 0 Å². The second-order valence-corrected chi connectivity index (χ2v) is 5.17. The molecule has 1 heterocycles. The summed E-state index contributed by atoms with van der Waals surface area (Å²) in [7, 11) is 0. The van der Waals surface area contributed by atoms with Crippen LogP contribution in [-0.4, -0.2) is 10.1 Å². The Labute approximate surface area is 105 Å². The predicted molar refractivity (Wildman–Crippen MR) is 62.6 cm³/mol. The Balaban J connectivity index is 2.40. The minimum Gasteiger partial charge on any atom is -0.381 e. The van der Waals surface area contributed by atoms with Crippen LogP contribution in [0.3, 0.4) is 0 Å². The second kappa shape index (κ2) is 4.67. The summed E-state index contributed by atoms with van der Waals surface area (Å²) in [4.78, 5) is 3.92. The maximum absolute atomic E-state index is 13.0. The Morgan fingerprint density at radius 3 is 2.75 bits per heavy atom. The zero-order chi connectivity index (χ0) is 11.7. The number of aliphatic hydroxyl groups is 1. The minimum absolute atomic E-state index is 0.285. The van der Waals surface area contributed by atoms with Crippen molar-refractivity contribution < 1.29 is 9.50 Å².